The monoisotopic (exact) mass is 408 g/mol. The van der Waals surface area contributed by atoms with Gasteiger partial charge in [-0.2, -0.15) is 0 Å². The standard InChI is InChI=1S/C22H17ClN2O4/c1-13-3-2-4-16(9-13)28-12-21(26)24-15-6-8-19-17(11-15)22(27)25-18-10-14(23)5-7-20(18)29-19/h2-11H,12H2,1H3,(H,24,26)(H,25,27). The van der Waals surface area contributed by atoms with Crippen molar-refractivity contribution in [2.24, 2.45) is 0 Å². The molecule has 0 saturated carbocycles. The van der Waals surface area contributed by atoms with Gasteiger partial charge in [-0.1, -0.05) is 23.7 Å². The van der Waals surface area contributed by atoms with Crippen molar-refractivity contribution in [3.63, 3.8) is 0 Å². The molecule has 0 radical (unpaired) electrons. The summed E-state index contributed by atoms with van der Waals surface area (Å²) < 4.78 is 11.3. The van der Waals surface area contributed by atoms with Crippen LogP contribution in [0.1, 0.15) is 15.9 Å². The summed E-state index contributed by atoms with van der Waals surface area (Å²) in [5, 5.41) is 5.98. The fourth-order valence-electron chi connectivity index (χ4n) is 2.92. The largest absolute Gasteiger partial charge is 0.484 e. The Morgan fingerprint density at radius 1 is 1.10 bits per heavy atom. The zero-order valence-electron chi connectivity index (χ0n) is 15.5. The van der Waals surface area contributed by atoms with Crippen molar-refractivity contribution in [3.05, 3.63) is 76.8 Å². The molecule has 3 aromatic carbocycles. The summed E-state index contributed by atoms with van der Waals surface area (Å²) in [5.41, 5.74) is 2.29. The summed E-state index contributed by atoms with van der Waals surface area (Å²) >= 11 is 5.99. The molecule has 0 aromatic heterocycles. The van der Waals surface area contributed by atoms with E-state index in [2.05, 4.69) is 10.6 Å². The van der Waals surface area contributed by atoms with Gasteiger partial charge in [0.1, 0.15) is 11.5 Å². The lowest BCUT2D eigenvalue weighted by Crippen LogP contribution is -2.20. The van der Waals surface area contributed by atoms with Gasteiger partial charge in [-0.25, -0.2) is 0 Å². The van der Waals surface area contributed by atoms with Crippen molar-refractivity contribution >= 4 is 34.8 Å². The fraction of sp³-hybridized carbons (Fsp3) is 0.0909. The Labute approximate surface area is 172 Å². The van der Waals surface area contributed by atoms with Gasteiger partial charge in [-0.05, 0) is 61.0 Å². The van der Waals surface area contributed by atoms with Crippen LogP contribution in [0.25, 0.3) is 0 Å². The first-order valence-electron chi connectivity index (χ1n) is 8.90. The number of carbonyl (C=O) groups excluding carboxylic acids is 2. The molecule has 29 heavy (non-hydrogen) atoms. The van der Waals surface area contributed by atoms with Crippen LogP contribution in [0.15, 0.2) is 60.7 Å². The second-order valence-corrected chi connectivity index (χ2v) is 7.00. The van der Waals surface area contributed by atoms with Crippen LogP contribution in [0.3, 0.4) is 0 Å². The van der Waals surface area contributed by atoms with Gasteiger partial charge in [0.25, 0.3) is 11.8 Å². The van der Waals surface area contributed by atoms with E-state index in [0.29, 0.717) is 39.2 Å². The van der Waals surface area contributed by atoms with Crippen molar-refractivity contribution in [1.82, 2.24) is 0 Å². The van der Waals surface area contributed by atoms with Crippen LogP contribution >= 0.6 is 11.6 Å². The maximum Gasteiger partial charge on any atom is 0.262 e. The highest BCUT2D eigenvalue weighted by atomic mass is 35.5. The maximum absolute atomic E-state index is 12.6. The number of aryl methyl sites for hydroxylation is 1. The third-order valence-electron chi connectivity index (χ3n) is 4.28. The summed E-state index contributed by atoms with van der Waals surface area (Å²) in [6.07, 6.45) is 0. The number of rotatable bonds is 4. The van der Waals surface area contributed by atoms with E-state index in [0.717, 1.165) is 5.56 Å². The summed E-state index contributed by atoms with van der Waals surface area (Å²) in [7, 11) is 0. The van der Waals surface area contributed by atoms with Gasteiger partial charge in [0.15, 0.2) is 12.4 Å². The number of amides is 2. The van der Waals surface area contributed by atoms with E-state index in [4.69, 9.17) is 21.1 Å². The molecule has 3 aromatic rings. The summed E-state index contributed by atoms with van der Waals surface area (Å²) in [4.78, 5) is 24.8. The summed E-state index contributed by atoms with van der Waals surface area (Å²) in [6.45, 7) is 1.80. The van der Waals surface area contributed by atoms with E-state index in [-0.39, 0.29) is 18.4 Å². The number of carbonyl (C=O) groups is 2. The molecule has 0 spiro atoms. The highest BCUT2D eigenvalue weighted by molar-refractivity contribution is 6.31. The number of hydrogen-bond donors (Lipinski definition) is 2. The fourth-order valence-corrected chi connectivity index (χ4v) is 3.09. The van der Waals surface area contributed by atoms with E-state index in [1.165, 1.54) is 0 Å². The Bertz CT molecular complexity index is 1110. The number of ether oxygens (including phenoxy) is 2. The second-order valence-electron chi connectivity index (χ2n) is 6.56. The molecule has 0 fully saturated rings. The Kier molecular flexibility index (Phi) is 5.10. The number of halogens is 1. The molecule has 6 nitrogen and oxygen atoms in total. The average molecular weight is 409 g/mol. The van der Waals surface area contributed by atoms with Crippen LogP contribution in [0.4, 0.5) is 11.4 Å². The molecule has 1 aliphatic heterocycles. The summed E-state index contributed by atoms with van der Waals surface area (Å²) in [5.74, 6) is 0.804. The van der Waals surface area contributed by atoms with Crippen LogP contribution in [0.2, 0.25) is 5.02 Å². The zero-order valence-corrected chi connectivity index (χ0v) is 16.2. The Balaban J connectivity index is 1.47. The predicted octanol–water partition coefficient (Wildman–Crippen LogP) is 5.02. The number of anilines is 2. The van der Waals surface area contributed by atoms with Crippen molar-refractivity contribution in [1.29, 1.82) is 0 Å². The normalized spacial score (nSPS) is 12.0. The molecule has 1 aliphatic rings. The molecule has 1 heterocycles. The molecule has 0 aliphatic carbocycles. The zero-order chi connectivity index (χ0) is 20.4. The SMILES string of the molecule is Cc1cccc(OCC(=O)Nc2ccc3c(c2)C(=O)Nc2cc(Cl)ccc2O3)c1. The number of benzene rings is 3. The van der Waals surface area contributed by atoms with Crippen molar-refractivity contribution in [2.75, 3.05) is 17.2 Å². The first-order valence-corrected chi connectivity index (χ1v) is 9.28. The maximum atomic E-state index is 12.6. The highest BCUT2D eigenvalue weighted by Crippen LogP contribution is 2.37. The van der Waals surface area contributed by atoms with Gasteiger partial charge in [0.2, 0.25) is 0 Å². The minimum atomic E-state index is -0.354. The van der Waals surface area contributed by atoms with Crippen molar-refractivity contribution in [3.8, 4) is 17.2 Å². The van der Waals surface area contributed by atoms with Crippen molar-refractivity contribution in [2.45, 2.75) is 6.92 Å². The van der Waals surface area contributed by atoms with Crippen LogP contribution in [-0.4, -0.2) is 18.4 Å². The number of nitrogens with one attached hydrogen (secondary N) is 2. The highest BCUT2D eigenvalue weighted by Gasteiger charge is 2.21. The molecule has 7 heteroatoms. The van der Waals surface area contributed by atoms with E-state index in [1.807, 2.05) is 25.1 Å². The van der Waals surface area contributed by atoms with Crippen molar-refractivity contribution < 1.29 is 19.1 Å². The van der Waals surface area contributed by atoms with Crippen LogP contribution in [0.5, 0.6) is 17.2 Å². The van der Waals surface area contributed by atoms with Crippen LogP contribution in [0, 0.1) is 6.92 Å². The first-order chi connectivity index (χ1) is 14.0. The molecule has 0 atom stereocenters. The first kappa shape index (κ1) is 18.8. The van der Waals surface area contributed by atoms with Gasteiger partial charge in [0, 0.05) is 10.7 Å². The number of fused-ring (bicyclic) bond motifs is 2. The van der Waals surface area contributed by atoms with Gasteiger partial charge < -0.3 is 20.1 Å². The van der Waals surface area contributed by atoms with E-state index < -0.39 is 0 Å². The van der Waals surface area contributed by atoms with Gasteiger partial charge in [-0.3, -0.25) is 9.59 Å². The Hall–Kier alpha value is -3.51. The minimum absolute atomic E-state index is 0.146. The predicted molar refractivity (Wildman–Crippen MR) is 111 cm³/mol. The Morgan fingerprint density at radius 2 is 1.93 bits per heavy atom. The molecular formula is C22H17ClN2O4. The molecule has 2 N–H and O–H groups in total. The molecule has 4 rings (SSSR count). The lowest BCUT2D eigenvalue weighted by Gasteiger charge is -2.11. The van der Waals surface area contributed by atoms with Gasteiger partial charge in [0.05, 0.1) is 11.3 Å². The molecule has 0 saturated heterocycles. The van der Waals surface area contributed by atoms with E-state index in [1.54, 1.807) is 42.5 Å². The van der Waals surface area contributed by atoms with E-state index in [9.17, 15) is 9.59 Å². The number of hydrogen-bond acceptors (Lipinski definition) is 4. The second kappa shape index (κ2) is 7.85. The lowest BCUT2D eigenvalue weighted by molar-refractivity contribution is -0.118. The topological polar surface area (TPSA) is 76.7 Å². The van der Waals surface area contributed by atoms with Gasteiger partial charge >= 0.3 is 0 Å². The average Bonchev–Trinajstić information content (AvgIpc) is 2.82. The molecular weight excluding hydrogens is 392 g/mol. The molecule has 2 amide bonds. The molecule has 0 bridgehead atoms. The third kappa shape index (κ3) is 4.33. The van der Waals surface area contributed by atoms with E-state index >= 15 is 0 Å². The smallest absolute Gasteiger partial charge is 0.262 e. The van der Waals surface area contributed by atoms with Gasteiger partial charge in [-0.15, -0.1) is 0 Å². The third-order valence-corrected chi connectivity index (χ3v) is 4.51. The quantitative estimate of drug-likeness (QED) is 0.635. The minimum Gasteiger partial charge on any atom is -0.484 e. The summed E-state index contributed by atoms with van der Waals surface area (Å²) in [6, 6.07) is 17.3. The van der Waals surface area contributed by atoms with Crippen LogP contribution in [-0.2, 0) is 4.79 Å². The van der Waals surface area contributed by atoms with Crippen LogP contribution < -0.4 is 20.1 Å². The molecule has 0 unspecified atom stereocenters. The molecule has 146 valence electrons. The Morgan fingerprint density at radius 3 is 2.76 bits per heavy atom. The lowest BCUT2D eigenvalue weighted by atomic mass is 10.1.